The second-order valence-electron chi connectivity index (χ2n) is 4.92. The van der Waals surface area contributed by atoms with Crippen molar-refractivity contribution in [3.63, 3.8) is 0 Å². The molecule has 0 radical (unpaired) electrons. The summed E-state index contributed by atoms with van der Waals surface area (Å²) >= 11 is 0. The summed E-state index contributed by atoms with van der Waals surface area (Å²) in [5.74, 6) is 0.337. The largest absolute Gasteiger partial charge is 0.481 e. The van der Waals surface area contributed by atoms with Gasteiger partial charge in [0.25, 0.3) is 0 Å². The molecule has 0 aromatic carbocycles. The predicted octanol–water partition coefficient (Wildman–Crippen LogP) is 2.09. The van der Waals surface area contributed by atoms with Crippen LogP contribution in [-0.4, -0.2) is 26.0 Å². The van der Waals surface area contributed by atoms with Gasteiger partial charge in [-0.1, -0.05) is 13.8 Å². The third-order valence-corrected chi connectivity index (χ3v) is 2.74. The van der Waals surface area contributed by atoms with Gasteiger partial charge >= 0.3 is 5.97 Å². The van der Waals surface area contributed by atoms with Crippen LogP contribution < -0.4 is 0 Å². The van der Waals surface area contributed by atoms with Crippen molar-refractivity contribution < 1.29 is 9.90 Å². The second-order valence-corrected chi connectivity index (χ2v) is 4.92. The number of rotatable bonds is 4. The van der Waals surface area contributed by atoms with E-state index in [4.69, 9.17) is 5.11 Å². The van der Waals surface area contributed by atoms with Crippen molar-refractivity contribution in [2.24, 2.45) is 5.92 Å². The Labute approximate surface area is 105 Å². The maximum Gasteiger partial charge on any atom is 0.307 e. The summed E-state index contributed by atoms with van der Waals surface area (Å²) in [4.78, 5) is 22.7. The van der Waals surface area contributed by atoms with Gasteiger partial charge in [0.2, 0.25) is 0 Å². The van der Waals surface area contributed by atoms with Crippen LogP contribution in [0.5, 0.6) is 0 Å². The summed E-state index contributed by atoms with van der Waals surface area (Å²) < 4.78 is 0. The van der Waals surface area contributed by atoms with E-state index >= 15 is 0 Å². The number of aryl methyl sites for hydroxylation is 1. The summed E-state index contributed by atoms with van der Waals surface area (Å²) in [6.45, 7) is 6.08. The van der Waals surface area contributed by atoms with E-state index < -0.39 is 5.97 Å². The van der Waals surface area contributed by atoms with E-state index in [1.165, 1.54) is 0 Å². The van der Waals surface area contributed by atoms with E-state index in [1.54, 1.807) is 6.20 Å². The summed E-state index contributed by atoms with van der Waals surface area (Å²) in [6, 6.07) is 0. The van der Waals surface area contributed by atoms with Crippen molar-refractivity contribution in [3.8, 4) is 0 Å². The molecule has 2 aromatic rings. The zero-order valence-electron chi connectivity index (χ0n) is 10.8. The smallest absolute Gasteiger partial charge is 0.307 e. The lowest BCUT2D eigenvalue weighted by Gasteiger charge is -2.07. The third kappa shape index (κ3) is 2.50. The van der Waals surface area contributed by atoms with Crippen molar-refractivity contribution in [2.75, 3.05) is 0 Å². The molecule has 0 saturated heterocycles. The molecule has 0 spiro atoms. The van der Waals surface area contributed by atoms with Gasteiger partial charge in [-0.3, -0.25) is 4.79 Å². The van der Waals surface area contributed by atoms with Gasteiger partial charge in [0.1, 0.15) is 11.5 Å². The van der Waals surface area contributed by atoms with E-state index in [-0.39, 0.29) is 6.42 Å². The highest BCUT2D eigenvalue weighted by Crippen LogP contribution is 2.23. The lowest BCUT2D eigenvalue weighted by molar-refractivity contribution is -0.136. The van der Waals surface area contributed by atoms with E-state index in [0.29, 0.717) is 11.7 Å². The highest BCUT2D eigenvalue weighted by atomic mass is 16.4. The summed E-state index contributed by atoms with van der Waals surface area (Å²) in [5, 5.41) is 9.79. The Kier molecular flexibility index (Phi) is 3.32. The van der Waals surface area contributed by atoms with Crippen molar-refractivity contribution >= 4 is 17.0 Å². The SMILES string of the molecule is Cc1nc(CC(C)C)c2c(CC(=O)O)c[nH]c2n1. The van der Waals surface area contributed by atoms with Crippen LogP contribution in [0, 0.1) is 12.8 Å². The monoisotopic (exact) mass is 247 g/mol. The first-order chi connectivity index (χ1) is 8.47. The molecule has 0 bridgehead atoms. The zero-order valence-corrected chi connectivity index (χ0v) is 10.8. The molecule has 0 aliphatic carbocycles. The number of hydrogen-bond donors (Lipinski definition) is 2. The van der Waals surface area contributed by atoms with Crippen LogP contribution >= 0.6 is 0 Å². The number of nitrogens with one attached hydrogen (secondary N) is 1. The van der Waals surface area contributed by atoms with Gasteiger partial charge in [0, 0.05) is 11.6 Å². The van der Waals surface area contributed by atoms with Crippen LogP contribution in [0.3, 0.4) is 0 Å². The van der Waals surface area contributed by atoms with Gasteiger partial charge in [-0.15, -0.1) is 0 Å². The first-order valence-corrected chi connectivity index (χ1v) is 6.02. The van der Waals surface area contributed by atoms with Crippen LogP contribution in [0.1, 0.15) is 30.9 Å². The Hall–Kier alpha value is -1.91. The van der Waals surface area contributed by atoms with E-state index in [1.807, 2.05) is 6.92 Å². The first kappa shape index (κ1) is 12.5. The summed E-state index contributed by atoms with van der Waals surface area (Å²) in [6.07, 6.45) is 2.54. The number of aromatic amines is 1. The molecule has 18 heavy (non-hydrogen) atoms. The normalized spacial score (nSPS) is 11.3. The van der Waals surface area contributed by atoms with Gasteiger partial charge < -0.3 is 10.1 Å². The molecular formula is C13H17N3O2. The van der Waals surface area contributed by atoms with Gasteiger partial charge in [-0.05, 0) is 24.8 Å². The average Bonchev–Trinajstić information content (AvgIpc) is 2.59. The molecule has 2 rings (SSSR count). The number of aliphatic carboxylic acids is 1. The lowest BCUT2D eigenvalue weighted by atomic mass is 10.0. The Morgan fingerprint density at radius 3 is 2.78 bits per heavy atom. The average molecular weight is 247 g/mol. The van der Waals surface area contributed by atoms with Crippen LogP contribution in [-0.2, 0) is 17.6 Å². The fraction of sp³-hybridized carbons (Fsp3) is 0.462. The van der Waals surface area contributed by atoms with Crippen LogP contribution in [0.25, 0.3) is 11.0 Å². The van der Waals surface area contributed by atoms with Crippen molar-refractivity contribution in [1.82, 2.24) is 15.0 Å². The Bertz CT molecular complexity index is 587. The quantitative estimate of drug-likeness (QED) is 0.867. The molecular weight excluding hydrogens is 230 g/mol. The fourth-order valence-electron chi connectivity index (χ4n) is 2.14. The highest BCUT2D eigenvalue weighted by Gasteiger charge is 2.15. The minimum Gasteiger partial charge on any atom is -0.481 e. The molecule has 0 aliphatic heterocycles. The maximum absolute atomic E-state index is 10.9. The topological polar surface area (TPSA) is 78.9 Å². The second kappa shape index (κ2) is 4.76. The summed E-state index contributed by atoms with van der Waals surface area (Å²) in [5.41, 5.74) is 2.42. The number of aromatic nitrogens is 3. The fourth-order valence-corrected chi connectivity index (χ4v) is 2.14. The predicted molar refractivity (Wildman–Crippen MR) is 68.5 cm³/mol. The Morgan fingerprint density at radius 1 is 1.44 bits per heavy atom. The Morgan fingerprint density at radius 2 is 2.17 bits per heavy atom. The molecule has 2 heterocycles. The molecule has 2 N–H and O–H groups in total. The molecule has 5 nitrogen and oxygen atoms in total. The van der Waals surface area contributed by atoms with E-state index in [2.05, 4.69) is 28.8 Å². The van der Waals surface area contributed by atoms with E-state index in [9.17, 15) is 4.79 Å². The molecule has 0 unspecified atom stereocenters. The van der Waals surface area contributed by atoms with Gasteiger partial charge in [0.15, 0.2) is 0 Å². The number of carboxylic acids is 1. The third-order valence-electron chi connectivity index (χ3n) is 2.74. The van der Waals surface area contributed by atoms with E-state index in [0.717, 1.165) is 28.7 Å². The van der Waals surface area contributed by atoms with Gasteiger partial charge in [-0.25, -0.2) is 9.97 Å². The number of carbonyl (C=O) groups is 1. The van der Waals surface area contributed by atoms with Crippen LogP contribution in [0.4, 0.5) is 0 Å². The number of fused-ring (bicyclic) bond motifs is 1. The molecule has 0 aliphatic rings. The molecule has 0 saturated carbocycles. The number of nitrogens with zero attached hydrogens (tertiary/aromatic N) is 2. The number of carboxylic acid groups (broad SMARTS) is 1. The molecule has 2 aromatic heterocycles. The van der Waals surface area contributed by atoms with Crippen molar-refractivity contribution in [2.45, 2.75) is 33.6 Å². The minimum absolute atomic E-state index is 0.00246. The summed E-state index contributed by atoms with van der Waals surface area (Å²) in [7, 11) is 0. The molecule has 0 fully saturated rings. The molecule has 0 atom stereocenters. The van der Waals surface area contributed by atoms with Crippen molar-refractivity contribution in [1.29, 1.82) is 0 Å². The van der Waals surface area contributed by atoms with Crippen molar-refractivity contribution in [3.05, 3.63) is 23.3 Å². The number of H-pyrrole nitrogens is 1. The maximum atomic E-state index is 10.9. The lowest BCUT2D eigenvalue weighted by Crippen LogP contribution is -2.04. The van der Waals surface area contributed by atoms with Gasteiger partial charge in [-0.2, -0.15) is 0 Å². The molecule has 5 heteroatoms. The van der Waals surface area contributed by atoms with Crippen LogP contribution in [0.2, 0.25) is 0 Å². The van der Waals surface area contributed by atoms with Crippen LogP contribution in [0.15, 0.2) is 6.20 Å². The number of hydrogen-bond acceptors (Lipinski definition) is 3. The highest BCUT2D eigenvalue weighted by molar-refractivity contribution is 5.86. The molecule has 0 amide bonds. The zero-order chi connectivity index (χ0) is 13.3. The minimum atomic E-state index is -0.841. The standard InChI is InChI=1S/C13H17N3O2/c1-7(2)4-10-12-9(5-11(17)18)6-14-13(12)16-8(3)15-10/h6-7H,4-5H2,1-3H3,(H,17,18)(H,14,15,16). The first-order valence-electron chi connectivity index (χ1n) is 6.02. The Balaban J connectivity index is 2.57. The van der Waals surface area contributed by atoms with Gasteiger partial charge in [0.05, 0.1) is 12.1 Å². The molecule has 96 valence electrons.